The third-order valence-corrected chi connectivity index (χ3v) is 3.45. The average molecular weight is 289 g/mol. The van der Waals surface area contributed by atoms with E-state index in [-0.39, 0.29) is 5.91 Å². The van der Waals surface area contributed by atoms with Crippen molar-refractivity contribution in [3.05, 3.63) is 36.0 Å². The largest absolute Gasteiger partial charge is 0.385 e. The van der Waals surface area contributed by atoms with Crippen LogP contribution in [-0.2, 0) is 22.5 Å². The third-order valence-electron chi connectivity index (χ3n) is 3.45. The Morgan fingerprint density at radius 2 is 2.19 bits per heavy atom. The Morgan fingerprint density at radius 1 is 1.38 bits per heavy atom. The van der Waals surface area contributed by atoms with Crippen molar-refractivity contribution >= 4 is 16.8 Å². The van der Waals surface area contributed by atoms with E-state index in [0.29, 0.717) is 26.2 Å². The quantitative estimate of drug-likeness (QED) is 0.720. The van der Waals surface area contributed by atoms with Crippen LogP contribution in [0.25, 0.3) is 10.9 Å². The Morgan fingerprint density at radius 3 is 2.95 bits per heavy atom. The summed E-state index contributed by atoms with van der Waals surface area (Å²) in [5, 5.41) is 4.08. The first-order valence-corrected chi connectivity index (χ1v) is 7.28. The molecule has 5 heteroatoms. The maximum absolute atomic E-state index is 12.0. The topological polar surface area (TPSA) is 69.3 Å². The third kappa shape index (κ3) is 4.06. The second-order valence-electron chi connectivity index (χ2n) is 5.03. The molecular weight excluding hydrogens is 266 g/mol. The normalized spacial score (nSPS) is 11.0. The van der Waals surface area contributed by atoms with E-state index in [2.05, 4.69) is 11.4 Å². The van der Waals surface area contributed by atoms with Crippen LogP contribution in [0.2, 0.25) is 0 Å². The van der Waals surface area contributed by atoms with Gasteiger partial charge in [0.25, 0.3) is 0 Å². The van der Waals surface area contributed by atoms with Crippen LogP contribution in [0, 0.1) is 0 Å². The fourth-order valence-electron chi connectivity index (χ4n) is 2.46. The molecule has 0 fully saturated rings. The number of methoxy groups -OCH3 is 1. The number of para-hydroxylation sites is 1. The molecular formula is C16H23N3O2. The van der Waals surface area contributed by atoms with Crippen molar-refractivity contribution in [2.45, 2.75) is 19.4 Å². The summed E-state index contributed by atoms with van der Waals surface area (Å²) >= 11 is 0. The Balaban J connectivity index is 2.06. The summed E-state index contributed by atoms with van der Waals surface area (Å²) in [5.41, 5.74) is 7.93. The molecule has 0 saturated carbocycles. The van der Waals surface area contributed by atoms with E-state index in [1.54, 1.807) is 7.11 Å². The number of nitrogens with one attached hydrogen (secondary N) is 1. The zero-order valence-electron chi connectivity index (χ0n) is 12.5. The lowest BCUT2D eigenvalue weighted by Crippen LogP contribution is -2.28. The SMILES string of the molecule is COCCCNC(=O)Cn1cc(CCN)c2ccccc21. The predicted molar refractivity (Wildman–Crippen MR) is 84.2 cm³/mol. The molecule has 0 aliphatic carbocycles. The van der Waals surface area contributed by atoms with Crippen molar-refractivity contribution in [3.8, 4) is 0 Å². The summed E-state index contributed by atoms with van der Waals surface area (Å²) in [6, 6.07) is 8.11. The van der Waals surface area contributed by atoms with E-state index in [0.717, 1.165) is 18.4 Å². The molecule has 0 aliphatic rings. The Bertz CT molecular complexity index is 592. The highest BCUT2D eigenvalue weighted by atomic mass is 16.5. The molecule has 0 radical (unpaired) electrons. The summed E-state index contributed by atoms with van der Waals surface area (Å²) in [4.78, 5) is 12.0. The van der Waals surface area contributed by atoms with Crippen LogP contribution < -0.4 is 11.1 Å². The first-order chi connectivity index (χ1) is 10.3. The number of fused-ring (bicyclic) bond motifs is 1. The second-order valence-corrected chi connectivity index (χ2v) is 5.03. The van der Waals surface area contributed by atoms with E-state index in [9.17, 15) is 4.79 Å². The summed E-state index contributed by atoms with van der Waals surface area (Å²) in [7, 11) is 1.66. The van der Waals surface area contributed by atoms with Crippen LogP contribution in [0.15, 0.2) is 30.5 Å². The highest BCUT2D eigenvalue weighted by molar-refractivity contribution is 5.86. The molecule has 0 aliphatic heterocycles. The van der Waals surface area contributed by atoms with E-state index in [1.807, 2.05) is 29.0 Å². The minimum absolute atomic E-state index is 0.0196. The lowest BCUT2D eigenvalue weighted by Gasteiger charge is -2.07. The van der Waals surface area contributed by atoms with E-state index in [4.69, 9.17) is 10.5 Å². The van der Waals surface area contributed by atoms with Gasteiger partial charge < -0.3 is 20.4 Å². The van der Waals surface area contributed by atoms with Crippen LogP contribution in [0.4, 0.5) is 0 Å². The van der Waals surface area contributed by atoms with Gasteiger partial charge in [-0.15, -0.1) is 0 Å². The van der Waals surface area contributed by atoms with E-state index >= 15 is 0 Å². The molecule has 1 aromatic carbocycles. The Hall–Kier alpha value is -1.85. The zero-order chi connectivity index (χ0) is 15.1. The standard InChI is InChI=1S/C16H23N3O2/c1-21-10-4-9-18-16(20)12-19-11-13(7-8-17)14-5-2-3-6-15(14)19/h2-3,5-6,11H,4,7-10,12,17H2,1H3,(H,18,20). The van der Waals surface area contributed by atoms with Gasteiger partial charge in [-0.25, -0.2) is 0 Å². The minimum atomic E-state index is 0.0196. The van der Waals surface area contributed by atoms with Crippen molar-refractivity contribution in [1.29, 1.82) is 0 Å². The zero-order valence-corrected chi connectivity index (χ0v) is 12.5. The fraction of sp³-hybridized carbons (Fsp3) is 0.438. The highest BCUT2D eigenvalue weighted by Gasteiger charge is 2.10. The van der Waals surface area contributed by atoms with Crippen LogP contribution in [0.1, 0.15) is 12.0 Å². The minimum Gasteiger partial charge on any atom is -0.385 e. The maximum atomic E-state index is 12.0. The molecule has 0 bridgehead atoms. The molecule has 114 valence electrons. The first kappa shape index (κ1) is 15.5. The Kier molecular flexibility index (Phi) is 5.78. The number of hydrogen-bond acceptors (Lipinski definition) is 3. The molecule has 0 atom stereocenters. The number of amides is 1. The smallest absolute Gasteiger partial charge is 0.239 e. The summed E-state index contributed by atoms with van der Waals surface area (Å²) in [6.45, 7) is 2.24. The lowest BCUT2D eigenvalue weighted by molar-refractivity contribution is -0.121. The monoisotopic (exact) mass is 289 g/mol. The number of carbonyl (C=O) groups excluding carboxylic acids is 1. The first-order valence-electron chi connectivity index (χ1n) is 7.28. The number of ether oxygens (including phenoxy) is 1. The second kappa shape index (κ2) is 7.81. The highest BCUT2D eigenvalue weighted by Crippen LogP contribution is 2.21. The van der Waals surface area contributed by atoms with Crippen LogP contribution in [0.3, 0.4) is 0 Å². The molecule has 1 heterocycles. The van der Waals surface area contributed by atoms with Gasteiger partial charge in [0.1, 0.15) is 6.54 Å². The number of carbonyl (C=O) groups is 1. The Labute approximate surface area is 125 Å². The average Bonchev–Trinajstić information content (AvgIpc) is 2.83. The van der Waals surface area contributed by atoms with Gasteiger partial charge in [0, 0.05) is 37.4 Å². The van der Waals surface area contributed by atoms with Gasteiger partial charge in [-0.1, -0.05) is 18.2 Å². The molecule has 5 nitrogen and oxygen atoms in total. The molecule has 0 unspecified atom stereocenters. The van der Waals surface area contributed by atoms with Gasteiger partial charge in [0.05, 0.1) is 0 Å². The van der Waals surface area contributed by atoms with E-state index in [1.165, 1.54) is 10.9 Å². The van der Waals surface area contributed by atoms with Gasteiger partial charge >= 0.3 is 0 Å². The molecule has 1 amide bonds. The number of hydrogen-bond donors (Lipinski definition) is 2. The predicted octanol–water partition coefficient (Wildman–Crippen LogP) is 1.30. The van der Waals surface area contributed by atoms with Gasteiger partial charge in [-0.3, -0.25) is 4.79 Å². The van der Waals surface area contributed by atoms with Crippen molar-refractivity contribution in [1.82, 2.24) is 9.88 Å². The molecule has 21 heavy (non-hydrogen) atoms. The fourth-order valence-corrected chi connectivity index (χ4v) is 2.46. The van der Waals surface area contributed by atoms with Crippen molar-refractivity contribution in [2.75, 3.05) is 26.8 Å². The molecule has 0 spiro atoms. The van der Waals surface area contributed by atoms with Crippen molar-refractivity contribution < 1.29 is 9.53 Å². The summed E-state index contributed by atoms with van der Waals surface area (Å²) in [5.74, 6) is 0.0196. The number of nitrogens with zero attached hydrogens (tertiary/aromatic N) is 1. The van der Waals surface area contributed by atoms with E-state index < -0.39 is 0 Å². The number of aromatic nitrogens is 1. The van der Waals surface area contributed by atoms with Crippen molar-refractivity contribution in [3.63, 3.8) is 0 Å². The van der Waals surface area contributed by atoms with Gasteiger partial charge in [0.2, 0.25) is 5.91 Å². The summed E-state index contributed by atoms with van der Waals surface area (Å²) in [6.07, 6.45) is 3.68. The van der Waals surface area contributed by atoms with Gasteiger partial charge in [-0.2, -0.15) is 0 Å². The van der Waals surface area contributed by atoms with Crippen LogP contribution in [-0.4, -0.2) is 37.3 Å². The molecule has 0 saturated heterocycles. The molecule has 2 aromatic rings. The number of rotatable bonds is 8. The maximum Gasteiger partial charge on any atom is 0.239 e. The van der Waals surface area contributed by atoms with Gasteiger partial charge in [-0.05, 0) is 31.0 Å². The van der Waals surface area contributed by atoms with Crippen molar-refractivity contribution in [2.24, 2.45) is 5.73 Å². The molecule has 2 rings (SSSR count). The lowest BCUT2D eigenvalue weighted by atomic mass is 10.1. The van der Waals surface area contributed by atoms with Crippen LogP contribution in [0.5, 0.6) is 0 Å². The summed E-state index contributed by atoms with van der Waals surface area (Å²) < 4.78 is 6.95. The number of nitrogens with two attached hydrogens (primary N) is 1. The molecule has 1 aromatic heterocycles. The van der Waals surface area contributed by atoms with Gasteiger partial charge in [0.15, 0.2) is 0 Å². The van der Waals surface area contributed by atoms with Crippen LogP contribution >= 0.6 is 0 Å². The molecule has 3 N–H and O–H groups in total. The number of benzene rings is 1.